The first-order valence-electron chi connectivity index (χ1n) is 6.45. The standard InChI is InChI=1S/C16H20BP/c1-11-8-12(2)10-14(9-11)16(17-18)15-7-5-4-6-13(15)3/h4-10,16-17H,18H2,1-3H3. The summed E-state index contributed by atoms with van der Waals surface area (Å²) in [6, 6.07) is 15.6. The summed E-state index contributed by atoms with van der Waals surface area (Å²) >= 11 is 0. The van der Waals surface area contributed by atoms with E-state index in [0.717, 1.165) is 7.00 Å². The van der Waals surface area contributed by atoms with Crippen LogP contribution in [-0.2, 0) is 0 Å². The van der Waals surface area contributed by atoms with E-state index < -0.39 is 0 Å². The maximum atomic E-state index is 2.89. The Balaban J connectivity index is 2.48. The van der Waals surface area contributed by atoms with E-state index in [1.165, 1.54) is 27.8 Å². The molecule has 0 spiro atoms. The number of rotatable bonds is 3. The van der Waals surface area contributed by atoms with Crippen molar-refractivity contribution < 1.29 is 0 Å². The Kier molecular flexibility index (Phi) is 4.25. The van der Waals surface area contributed by atoms with Gasteiger partial charge < -0.3 is 0 Å². The summed E-state index contributed by atoms with van der Waals surface area (Å²) in [5.41, 5.74) is 6.95. The van der Waals surface area contributed by atoms with Crippen LogP contribution in [0.3, 0.4) is 0 Å². The van der Waals surface area contributed by atoms with E-state index in [4.69, 9.17) is 0 Å². The minimum atomic E-state index is 0.481. The largest absolute Gasteiger partial charge is 0.174 e. The molecule has 2 heteroatoms. The van der Waals surface area contributed by atoms with E-state index in [1.54, 1.807) is 0 Å². The van der Waals surface area contributed by atoms with Gasteiger partial charge in [-0.05, 0) is 43.3 Å². The third-order valence-electron chi connectivity index (χ3n) is 3.45. The van der Waals surface area contributed by atoms with Crippen molar-refractivity contribution in [2.45, 2.75) is 26.6 Å². The fourth-order valence-electron chi connectivity index (χ4n) is 2.63. The van der Waals surface area contributed by atoms with Crippen LogP contribution in [0.25, 0.3) is 0 Å². The van der Waals surface area contributed by atoms with Gasteiger partial charge >= 0.3 is 0 Å². The van der Waals surface area contributed by atoms with Crippen LogP contribution in [0, 0.1) is 20.8 Å². The maximum absolute atomic E-state index is 2.89. The Hall–Kier alpha value is -1.07. The highest BCUT2D eigenvalue weighted by Gasteiger charge is 2.15. The molecular formula is C16H20BP. The molecular weight excluding hydrogens is 234 g/mol. The molecule has 0 aliphatic heterocycles. The molecule has 2 aromatic rings. The zero-order valence-corrected chi connectivity index (χ0v) is 12.6. The Morgan fingerprint density at radius 2 is 1.56 bits per heavy atom. The molecule has 0 heterocycles. The van der Waals surface area contributed by atoms with E-state index in [9.17, 15) is 0 Å². The van der Waals surface area contributed by atoms with Crippen LogP contribution in [0.2, 0.25) is 0 Å². The van der Waals surface area contributed by atoms with Crippen molar-refractivity contribution in [1.82, 2.24) is 0 Å². The Bertz CT molecular complexity index is 528. The molecule has 0 saturated heterocycles. The predicted molar refractivity (Wildman–Crippen MR) is 85.8 cm³/mol. The summed E-state index contributed by atoms with van der Waals surface area (Å²) in [5, 5.41) is 0. The fraction of sp³-hybridized carbons (Fsp3) is 0.250. The fourth-order valence-corrected chi connectivity index (χ4v) is 3.16. The Morgan fingerprint density at radius 1 is 0.944 bits per heavy atom. The SMILES string of the molecule is Cc1cc(C)cc(C(BP)c2ccccc2C)c1. The van der Waals surface area contributed by atoms with E-state index in [0.29, 0.717) is 5.82 Å². The normalized spacial score (nSPS) is 12.2. The summed E-state index contributed by atoms with van der Waals surface area (Å²) in [6.07, 6.45) is 0. The molecule has 0 nitrogen and oxygen atoms in total. The van der Waals surface area contributed by atoms with Gasteiger partial charge in [-0.2, -0.15) is 9.12 Å². The molecule has 2 unspecified atom stereocenters. The lowest BCUT2D eigenvalue weighted by molar-refractivity contribution is 1.09. The first-order valence-corrected chi connectivity index (χ1v) is 7.27. The van der Waals surface area contributed by atoms with Gasteiger partial charge in [0.25, 0.3) is 0 Å². The summed E-state index contributed by atoms with van der Waals surface area (Å²) < 4.78 is 0. The van der Waals surface area contributed by atoms with Gasteiger partial charge in [-0.3, -0.25) is 0 Å². The highest BCUT2D eigenvalue weighted by atomic mass is 31.0. The van der Waals surface area contributed by atoms with Crippen LogP contribution in [0.5, 0.6) is 0 Å². The van der Waals surface area contributed by atoms with E-state index >= 15 is 0 Å². The van der Waals surface area contributed by atoms with Gasteiger partial charge in [0.2, 0.25) is 0 Å². The second kappa shape index (κ2) is 5.72. The first kappa shape index (κ1) is 13.4. The summed E-state index contributed by atoms with van der Waals surface area (Å²) in [6.45, 7) is 7.61. The minimum Gasteiger partial charge on any atom is -0.174 e. The van der Waals surface area contributed by atoms with Crippen molar-refractivity contribution >= 4 is 16.1 Å². The molecule has 0 aliphatic carbocycles. The van der Waals surface area contributed by atoms with Crippen LogP contribution in [0.4, 0.5) is 0 Å². The van der Waals surface area contributed by atoms with Gasteiger partial charge in [0.05, 0.1) is 0 Å². The zero-order valence-electron chi connectivity index (χ0n) is 11.4. The van der Waals surface area contributed by atoms with E-state index in [1.807, 2.05) is 0 Å². The number of hydrogen-bond donors (Lipinski definition) is 0. The predicted octanol–water partition coefficient (Wildman–Crippen LogP) is 3.93. The van der Waals surface area contributed by atoms with Gasteiger partial charge in [-0.1, -0.05) is 53.6 Å². The molecule has 0 aliphatic rings. The zero-order chi connectivity index (χ0) is 13.1. The van der Waals surface area contributed by atoms with Gasteiger partial charge in [0.1, 0.15) is 0 Å². The quantitative estimate of drug-likeness (QED) is 0.575. The number of benzene rings is 2. The van der Waals surface area contributed by atoms with Crippen molar-refractivity contribution in [3.63, 3.8) is 0 Å². The molecule has 0 aromatic heterocycles. The maximum Gasteiger partial charge on any atom is 0.158 e. The van der Waals surface area contributed by atoms with Gasteiger partial charge in [0.15, 0.2) is 7.00 Å². The van der Waals surface area contributed by atoms with Crippen LogP contribution in [0.1, 0.15) is 33.6 Å². The second-order valence-corrected chi connectivity index (χ2v) is 5.54. The molecule has 92 valence electrons. The van der Waals surface area contributed by atoms with Crippen LogP contribution < -0.4 is 0 Å². The Morgan fingerprint density at radius 3 is 2.11 bits per heavy atom. The second-order valence-electron chi connectivity index (χ2n) is 5.07. The molecule has 2 rings (SSSR count). The molecule has 0 fully saturated rings. The highest BCUT2D eigenvalue weighted by Crippen LogP contribution is 2.28. The smallest absolute Gasteiger partial charge is 0.158 e. The van der Waals surface area contributed by atoms with Crippen molar-refractivity contribution in [3.05, 3.63) is 70.3 Å². The monoisotopic (exact) mass is 254 g/mol. The van der Waals surface area contributed by atoms with E-state index in [-0.39, 0.29) is 0 Å². The lowest BCUT2D eigenvalue weighted by atomic mass is 9.72. The molecule has 0 radical (unpaired) electrons. The van der Waals surface area contributed by atoms with Crippen molar-refractivity contribution in [2.75, 3.05) is 0 Å². The summed E-state index contributed by atoms with van der Waals surface area (Å²) in [5.74, 6) is 0.481. The molecule has 2 atom stereocenters. The highest BCUT2D eigenvalue weighted by molar-refractivity contribution is 7.56. The average Bonchev–Trinajstić information content (AvgIpc) is 2.31. The summed E-state index contributed by atoms with van der Waals surface area (Å²) in [4.78, 5) is 0. The average molecular weight is 254 g/mol. The first-order chi connectivity index (χ1) is 8.61. The molecule has 2 aromatic carbocycles. The lowest BCUT2D eigenvalue weighted by Crippen LogP contribution is -2.07. The third kappa shape index (κ3) is 2.84. The molecule has 18 heavy (non-hydrogen) atoms. The third-order valence-corrected chi connectivity index (χ3v) is 3.92. The summed E-state index contributed by atoms with van der Waals surface area (Å²) in [7, 11) is 2.89. The lowest BCUT2D eigenvalue weighted by Gasteiger charge is -2.19. The molecule has 0 bridgehead atoms. The van der Waals surface area contributed by atoms with Crippen LogP contribution in [0.15, 0.2) is 42.5 Å². The Labute approximate surface area is 113 Å². The van der Waals surface area contributed by atoms with Crippen LogP contribution in [-0.4, -0.2) is 7.00 Å². The van der Waals surface area contributed by atoms with Gasteiger partial charge in [-0.25, -0.2) is 0 Å². The number of aryl methyl sites for hydroxylation is 3. The van der Waals surface area contributed by atoms with Gasteiger partial charge in [-0.15, -0.1) is 0 Å². The van der Waals surface area contributed by atoms with Crippen molar-refractivity contribution in [3.8, 4) is 0 Å². The minimum absolute atomic E-state index is 0.481. The van der Waals surface area contributed by atoms with Crippen molar-refractivity contribution in [1.29, 1.82) is 0 Å². The topological polar surface area (TPSA) is 0 Å². The van der Waals surface area contributed by atoms with Crippen molar-refractivity contribution in [2.24, 2.45) is 0 Å². The molecule has 0 N–H and O–H groups in total. The number of hydrogen-bond acceptors (Lipinski definition) is 0. The molecule has 0 amide bonds. The van der Waals surface area contributed by atoms with Crippen LogP contribution >= 0.6 is 9.12 Å². The molecule has 0 saturated carbocycles. The van der Waals surface area contributed by atoms with Gasteiger partial charge in [0, 0.05) is 0 Å². The van der Waals surface area contributed by atoms with E-state index in [2.05, 4.69) is 72.4 Å².